The van der Waals surface area contributed by atoms with Gasteiger partial charge in [-0.3, -0.25) is 0 Å². The largest absolute Gasteiger partial charge is 0.398 e. The van der Waals surface area contributed by atoms with E-state index in [2.05, 4.69) is 10.2 Å². The third-order valence-corrected chi connectivity index (χ3v) is 2.72. The van der Waals surface area contributed by atoms with Crippen LogP contribution in [-0.2, 0) is 0 Å². The third kappa shape index (κ3) is 1.94. The highest BCUT2D eigenvalue weighted by Gasteiger charge is 2.18. The fraction of sp³-hybridized carbons (Fsp3) is 0.333. The minimum atomic E-state index is -0.969. The summed E-state index contributed by atoms with van der Waals surface area (Å²) < 4.78 is 28.2. The summed E-state index contributed by atoms with van der Waals surface area (Å²) in [5.41, 5.74) is 6.20. The maximum atomic E-state index is 13.3. The molecule has 18 heavy (non-hydrogen) atoms. The van der Waals surface area contributed by atoms with E-state index >= 15 is 0 Å². The zero-order valence-corrected chi connectivity index (χ0v) is 10.4. The van der Waals surface area contributed by atoms with Crippen molar-refractivity contribution in [3.8, 4) is 11.4 Å². The Morgan fingerprint density at radius 2 is 1.78 bits per heavy atom. The van der Waals surface area contributed by atoms with Crippen LogP contribution in [0.1, 0.15) is 25.7 Å². The topological polar surface area (TPSA) is 56.7 Å². The van der Waals surface area contributed by atoms with Crippen molar-refractivity contribution in [3.63, 3.8) is 0 Å². The highest BCUT2D eigenvalue weighted by molar-refractivity contribution is 5.71. The lowest BCUT2D eigenvalue weighted by Crippen LogP contribution is -2.07. The molecule has 0 radical (unpaired) electrons. The minimum absolute atomic E-state index is 0.0996. The fourth-order valence-electron chi connectivity index (χ4n) is 1.93. The summed E-state index contributed by atoms with van der Waals surface area (Å²) in [7, 11) is 0. The van der Waals surface area contributed by atoms with Crippen molar-refractivity contribution in [2.75, 3.05) is 5.73 Å². The van der Waals surface area contributed by atoms with Gasteiger partial charge in [0.25, 0.3) is 0 Å². The SMILES string of the molecule is Cc1nnc(-c2cc(F)c(F)cc2N)n1C(C)C. The first-order valence-electron chi connectivity index (χ1n) is 5.58. The Morgan fingerprint density at radius 1 is 1.17 bits per heavy atom. The summed E-state index contributed by atoms with van der Waals surface area (Å²) in [5, 5.41) is 7.93. The van der Waals surface area contributed by atoms with E-state index in [1.54, 1.807) is 6.92 Å². The van der Waals surface area contributed by atoms with Crippen LogP contribution in [-0.4, -0.2) is 14.8 Å². The van der Waals surface area contributed by atoms with Crippen LogP contribution in [0.4, 0.5) is 14.5 Å². The van der Waals surface area contributed by atoms with Gasteiger partial charge in [0.15, 0.2) is 17.5 Å². The Morgan fingerprint density at radius 3 is 2.39 bits per heavy atom. The van der Waals surface area contributed by atoms with Gasteiger partial charge in [-0.1, -0.05) is 0 Å². The molecule has 0 unspecified atom stereocenters. The third-order valence-electron chi connectivity index (χ3n) is 2.72. The predicted octanol–water partition coefficient (Wildman–Crippen LogP) is 2.69. The van der Waals surface area contributed by atoms with Gasteiger partial charge >= 0.3 is 0 Å². The van der Waals surface area contributed by atoms with E-state index in [0.717, 1.165) is 12.1 Å². The molecular weight excluding hydrogens is 238 g/mol. The Bertz CT molecular complexity index is 590. The molecule has 0 amide bonds. The molecular formula is C12H14F2N4. The number of aryl methyl sites for hydroxylation is 1. The van der Waals surface area contributed by atoms with E-state index in [9.17, 15) is 8.78 Å². The first-order valence-corrected chi connectivity index (χ1v) is 5.58. The van der Waals surface area contributed by atoms with E-state index in [1.807, 2.05) is 18.4 Å². The van der Waals surface area contributed by atoms with E-state index in [-0.39, 0.29) is 11.7 Å². The van der Waals surface area contributed by atoms with Crippen molar-refractivity contribution in [1.82, 2.24) is 14.8 Å². The van der Waals surface area contributed by atoms with Gasteiger partial charge in [0, 0.05) is 23.4 Å². The second-order valence-electron chi connectivity index (χ2n) is 4.39. The molecule has 1 aromatic carbocycles. The number of rotatable bonds is 2. The van der Waals surface area contributed by atoms with Crippen molar-refractivity contribution >= 4 is 5.69 Å². The average molecular weight is 252 g/mol. The van der Waals surface area contributed by atoms with Gasteiger partial charge in [-0.25, -0.2) is 8.78 Å². The highest BCUT2D eigenvalue weighted by Crippen LogP contribution is 2.29. The average Bonchev–Trinajstić information content (AvgIpc) is 2.65. The maximum absolute atomic E-state index is 13.3. The van der Waals surface area contributed by atoms with Crippen LogP contribution in [0.2, 0.25) is 0 Å². The maximum Gasteiger partial charge on any atom is 0.166 e. The van der Waals surface area contributed by atoms with Gasteiger partial charge in [-0.05, 0) is 26.8 Å². The molecule has 0 saturated carbocycles. The van der Waals surface area contributed by atoms with Gasteiger partial charge < -0.3 is 10.3 Å². The van der Waals surface area contributed by atoms with Crippen LogP contribution < -0.4 is 5.73 Å². The molecule has 1 aromatic heterocycles. The quantitative estimate of drug-likeness (QED) is 0.836. The second kappa shape index (κ2) is 4.36. The zero-order valence-electron chi connectivity index (χ0n) is 10.4. The summed E-state index contributed by atoms with van der Waals surface area (Å²) in [6.07, 6.45) is 0. The number of nitrogens with zero attached hydrogens (tertiary/aromatic N) is 3. The van der Waals surface area contributed by atoms with Gasteiger partial charge in [0.1, 0.15) is 5.82 Å². The monoisotopic (exact) mass is 252 g/mol. The van der Waals surface area contributed by atoms with Crippen LogP contribution in [0.3, 0.4) is 0 Å². The number of anilines is 1. The lowest BCUT2D eigenvalue weighted by atomic mass is 10.1. The summed E-state index contributed by atoms with van der Waals surface area (Å²) in [6.45, 7) is 5.71. The van der Waals surface area contributed by atoms with Gasteiger partial charge in [0.2, 0.25) is 0 Å². The molecule has 6 heteroatoms. The number of aromatic nitrogens is 3. The van der Waals surface area contributed by atoms with Gasteiger partial charge in [0.05, 0.1) is 0 Å². The summed E-state index contributed by atoms with van der Waals surface area (Å²) in [6, 6.07) is 2.11. The number of hydrogen-bond acceptors (Lipinski definition) is 3. The molecule has 0 aliphatic heterocycles. The second-order valence-corrected chi connectivity index (χ2v) is 4.39. The molecule has 0 atom stereocenters. The Hall–Kier alpha value is -1.98. The van der Waals surface area contributed by atoms with E-state index in [4.69, 9.17) is 5.73 Å². The standard InChI is InChI=1S/C12H14F2N4/c1-6(2)18-7(3)16-17-12(18)8-4-9(13)10(14)5-11(8)15/h4-6H,15H2,1-3H3. The van der Waals surface area contributed by atoms with Crippen molar-refractivity contribution in [2.45, 2.75) is 26.8 Å². The molecule has 0 spiro atoms. The molecule has 4 nitrogen and oxygen atoms in total. The number of benzene rings is 1. The molecule has 2 aromatic rings. The molecule has 1 heterocycles. The first kappa shape index (κ1) is 12.5. The fourth-order valence-corrected chi connectivity index (χ4v) is 1.93. The first-order chi connectivity index (χ1) is 8.41. The molecule has 0 aliphatic rings. The van der Waals surface area contributed by atoms with Crippen molar-refractivity contribution in [2.24, 2.45) is 0 Å². The Labute approximate surface area is 103 Å². The van der Waals surface area contributed by atoms with Crippen molar-refractivity contribution in [1.29, 1.82) is 0 Å². The smallest absolute Gasteiger partial charge is 0.166 e. The molecule has 0 saturated heterocycles. The molecule has 2 N–H and O–H groups in total. The lowest BCUT2D eigenvalue weighted by Gasteiger charge is -2.13. The number of halogens is 2. The lowest BCUT2D eigenvalue weighted by molar-refractivity contribution is 0.509. The minimum Gasteiger partial charge on any atom is -0.398 e. The summed E-state index contributed by atoms with van der Waals surface area (Å²) in [5.74, 6) is -0.776. The molecule has 0 aliphatic carbocycles. The highest BCUT2D eigenvalue weighted by atomic mass is 19.2. The molecule has 96 valence electrons. The Kier molecular flexibility index (Phi) is 3.02. The van der Waals surface area contributed by atoms with Crippen LogP contribution in [0, 0.1) is 18.6 Å². The van der Waals surface area contributed by atoms with E-state index in [1.165, 1.54) is 0 Å². The van der Waals surface area contributed by atoms with Crippen molar-refractivity contribution < 1.29 is 8.78 Å². The van der Waals surface area contributed by atoms with Crippen LogP contribution in [0.5, 0.6) is 0 Å². The van der Waals surface area contributed by atoms with Gasteiger partial charge in [-0.15, -0.1) is 10.2 Å². The molecule has 2 rings (SSSR count). The molecule has 0 fully saturated rings. The predicted molar refractivity (Wildman–Crippen MR) is 64.9 cm³/mol. The zero-order chi connectivity index (χ0) is 13.4. The van der Waals surface area contributed by atoms with E-state index in [0.29, 0.717) is 17.2 Å². The summed E-state index contributed by atoms with van der Waals surface area (Å²) >= 11 is 0. The summed E-state index contributed by atoms with van der Waals surface area (Å²) in [4.78, 5) is 0. The number of nitrogens with two attached hydrogens (primary N) is 1. The number of hydrogen-bond donors (Lipinski definition) is 1. The normalized spacial score (nSPS) is 11.2. The Balaban J connectivity index is 2.66. The number of nitrogen functional groups attached to an aromatic ring is 1. The van der Waals surface area contributed by atoms with E-state index < -0.39 is 11.6 Å². The van der Waals surface area contributed by atoms with Gasteiger partial charge in [-0.2, -0.15) is 0 Å². The van der Waals surface area contributed by atoms with Crippen LogP contribution in [0.15, 0.2) is 12.1 Å². The van der Waals surface area contributed by atoms with Crippen LogP contribution >= 0.6 is 0 Å². The molecule has 0 bridgehead atoms. The van der Waals surface area contributed by atoms with Crippen molar-refractivity contribution in [3.05, 3.63) is 29.6 Å². The van der Waals surface area contributed by atoms with Crippen LogP contribution in [0.25, 0.3) is 11.4 Å².